The number of hydrogen-bond acceptors (Lipinski definition) is 2. The summed E-state index contributed by atoms with van der Waals surface area (Å²) < 4.78 is 18.9. The zero-order chi connectivity index (χ0) is 12.5. The van der Waals surface area contributed by atoms with E-state index in [2.05, 4.69) is 5.32 Å². The molecule has 0 radical (unpaired) electrons. The second-order valence-corrected chi connectivity index (χ2v) is 4.56. The predicted molar refractivity (Wildman–Crippen MR) is 69.4 cm³/mol. The maximum Gasteiger partial charge on any atom is 0.142 e. The highest BCUT2D eigenvalue weighted by molar-refractivity contribution is 5.60. The fourth-order valence-corrected chi connectivity index (χ4v) is 2.19. The lowest BCUT2D eigenvalue weighted by molar-refractivity contribution is 0.286. The first-order chi connectivity index (χ1) is 8.72. The minimum Gasteiger partial charge on any atom is -0.489 e. The molecule has 18 heavy (non-hydrogen) atoms. The number of fused-ring (bicyclic) bond motifs is 1. The quantitative estimate of drug-likeness (QED) is 0.825. The van der Waals surface area contributed by atoms with Crippen LogP contribution in [0.1, 0.15) is 17.2 Å². The van der Waals surface area contributed by atoms with Crippen LogP contribution in [-0.4, -0.2) is 6.61 Å². The molecule has 1 N–H and O–H groups in total. The third-order valence-corrected chi connectivity index (χ3v) is 3.12. The summed E-state index contributed by atoms with van der Waals surface area (Å²) in [6.45, 7) is 2.55. The van der Waals surface area contributed by atoms with Crippen molar-refractivity contribution in [3.05, 3.63) is 59.4 Å². The van der Waals surface area contributed by atoms with Crippen molar-refractivity contribution < 1.29 is 9.13 Å². The van der Waals surface area contributed by atoms with Crippen molar-refractivity contribution in [1.82, 2.24) is 0 Å². The maximum atomic E-state index is 13.2. The summed E-state index contributed by atoms with van der Waals surface area (Å²) in [7, 11) is 0. The fraction of sp³-hybridized carbons (Fsp3) is 0.200. The van der Waals surface area contributed by atoms with Crippen molar-refractivity contribution in [2.45, 2.75) is 13.0 Å². The number of nitrogens with one attached hydrogen (secondary N) is 1. The van der Waals surface area contributed by atoms with E-state index >= 15 is 0 Å². The Kier molecular flexibility index (Phi) is 2.67. The SMILES string of the molecule is Cc1ccc2c(c1)N[C@H](c1cccc(F)c1)CO2. The Hall–Kier alpha value is -2.03. The molecule has 0 fully saturated rings. The summed E-state index contributed by atoms with van der Waals surface area (Å²) in [6.07, 6.45) is 0. The van der Waals surface area contributed by atoms with Gasteiger partial charge in [0.1, 0.15) is 18.2 Å². The van der Waals surface area contributed by atoms with Gasteiger partial charge in [-0.1, -0.05) is 18.2 Å². The number of benzene rings is 2. The molecular weight excluding hydrogens is 229 g/mol. The van der Waals surface area contributed by atoms with Crippen LogP contribution in [0.25, 0.3) is 0 Å². The lowest BCUT2D eigenvalue weighted by atomic mass is 10.0. The highest BCUT2D eigenvalue weighted by Gasteiger charge is 2.20. The van der Waals surface area contributed by atoms with Crippen LogP contribution in [0.15, 0.2) is 42.5 Å². The lowest BCUT2D eigenvalue weighted by Crippen LogP contribution is -2.24. The molecule has 3 heteroatoms. The average molecular weight is 243 g/mol. The standard InChI is InChI=1S/C15H14FNO/c1-10-5-6-15-13(7-10)17-14(9-18-15)11-3-2-4-12(16)8-11/h2-8,14,17H,9H2,1H3/t14-/m0/s1. The van der Waals surface area contributed by atoms with Crippen molar-refractivity contribution in [3.63, 3.8) is 0 Å². The van der Waals surface area contributed by atoms with E-state index < -0.39 is 0 Å². The van der Waals surface area contributed by atoms with E-state index in [1.54, 1.807) is 12.1 Å². The van der Waals surface area contributed by atoms with Crippen molar-refractivity contribution in [2.24, 2.45) is 0 Å². The Morgan fingerprint density at radius 1 is 1.22 bits per heavy atom. The van der Waals surface area contributed by atoms with Gasteiger partial charge in [-0.25, -0.2) is 4.39 Å². The molecule has 2 aromatic carbocycles. The largest absolute Gasteiger partial charge is 0.489 e. The molecule has 0 unspecified atom stereocenters. The van der Waals surface area contributed by atoms with E-state index in [1.165, 1.54) is 11.6 Å². The normalized spacial score (nSPS) is 17.6. The zero-order valence-electron chi connectivity index (χ0n) is 10.1. The molecule has 2 nitrogen and oxygen atoms in total. The van der Waals surface area contributed by atoms with Crippen LogP contribution in [-0.2, 0) is 0 Å². The number of ether oxygens (including phenoxy) is 1. The van der Waals surface area contributed by atoms with Gasteiger partial charge >= 0.3 is 0 Å². The first kappa shape index (κ1) is 11.1. The van der Waals surface area contributed by atoms with Crippen LogP contribution in [0, 0.1) is 12.7 Å². The van der Waals surface area contributed by atoms with E-state index in [4.69, 9.17) is 4.74 Å². The van der Waals surface area contributed by atoms with Crippen LogP contribution < -0.4 is 10.1 Å². The van der Waals surface area contributed by atoms with E-state index in [-0.39, 0.29) is 11.9 Å². The molecule has 1 heterocycles. The molecule has 0 aromatic heterocycles. The van der Waals surface area contributed by atoms with Gasteiger partial charge in [0.15, 0.2) is 0 Å². The molecule has 0 amide bonds. The van der Waals surface area contributed by atoms with Crippen molar-refractivity contribution >= 4 is 5.69 Å². The number of halogens is 1. The lowest BCUT2D eigenvalue weighted by Gasteiger charge is -2.28. The van der Waals surface area contributed by atoms with Crippen molar-refractivity contribution in [3.8, 4) is 5.75 Å². The first-order valence-electron chi connectivity index (χ1n) is 5.98. The zero-order valence-corrected chi connectivity index (χ0v) is 10.1. The first-order valence-corrected chi connectivity index (χ1v) is 5.98. The number of hydrogen-bond donors (Lipinski definition) is 1. The van der Waals surface area contributed by atoms with Gasteiger partial charge < -0.3 is 10.1 Å². The van der Waals surface area contributed by atoms with Gasteiger partial charge in [0.25, 0.3) is 0 Å². The molecule has 0 aliphatic carbocycles. The third kappa shape index (κ3) is 2.04. The summed E-state index contributed by atoms with van der Waals surface area (Å²) >= 11 is 0. The molecule has 92 valence electrons. The van der Waals surface area contributed by atoms with Crippen LogP contribution >= 0.6 is 0 Å². The minimum atomic E-state index is -0.218. The Morgan fingerprint density at radius 2 is 2.11 bits per heavy atom. The van der Waals surface area contributed by atoms with Crippen LogP contribution in [0.3, 0.4) is 0 Å². The molecule has 0 saturated carbocycles. The number of rotatable bonds is 1. The second kappa shape index (κ2) is 4.33. The second-order valence-electron chi connectivity index (χ2n) is 4.56. The average Bonchev–Trinajstić information content (AvgIpc) is 2.38. The van der Waals surface area contributed by atoms with Gasteiger partial charge in [-0.3, -0.25) is 0 Å². The molecular formula is C15H14FNO. The number of anilines is 1. The van der Waals surface area contributed by atoms with Crippen molar-refractivity contribution in [1.29, 1.82) is 0 Å². The molecule has 1 atom stereocenters. The highest BCUT2D eigenvalue weighted by Crippen LogP contribution is 2.34. The molecule has 0 saturated heterocycles. The molecule has 0 spiro atoms. The highest BCUT2D eigenvalue weighted by atomic mass is 19.1. The van der Waals surface area contributed by atoms with Gasteiger partial charge in [-0.05, 0) is 42.3 Å². The molecule has 1 aliphatic rings. The topological polar surface area (TPSA) is 21.3 Å². The summed E-state index contributed by atoms with van der Waals surface area (Å²) in [5.74, 6) is 0.637. The van der Waals surface area contributed by atoms with Gasteiger partial charge in [0, 0.05) is 0 Å². The van der Waals surface area contributed by atoms with Crippen molar-refractivity contribution in [2.75, 3.05) is 11.9 Å². The predicted octanol–water partition coefficient (Wildman–Crippen LogP) is 3.68. The van der Waals surface area contributed by atoms with Crippen LogP contribution in [0.2, 0.25) is 0 Å². The minimum absolute atomic E-state index is 0.00463. The summed E-state index contributed by atoms with van der Waals surface area (Å²) in [6, 6.07) is 12.6. The smallest absolute Gasteiger partial charge is 0.142 e. The Morgan fingerprint density at radius 3 is 2.94 bits per heavy atom. The van der Waals surface area contributed by atoms with Gasteiger partial charge in [0.2, 0.25) is 0 Å². The fourth-order valence-electron chi connectivity index (χ4n) is 2.19. The Bertz CT molecular complexity index is 582. The molecule has 2 aromatic rings. The van der Waals surface area contributed by atoms with Crippen LogP contribution in [0.5, 0.6) is 5.75 Å². The van der Waals surface area contributed by atoms with E-state index in [0.29, 0.717) is 6.61 Å². The molecule has 0 bridgehead atoms. The van der Waals surface area contributed by atoms with Crippen LogP contribution in [0.4, 0.5) is 10.1 Å². The maximum absolute atomic E-state index is 13.2. The summed E-state index contributed by atoms with van der Waals surface area (Å²) in [5.41, 5.74) is 3.04. The van der Waals surface area contributed by atoms with E-state index in [9.17, 15) is 4.39 Å². The summed E-state index contributed by atoms with van der Waals surface area (Å²) in [4.78, 5) is 0. The van der Waals surface area contributed by atoms with E-state index in [0.717, 1.165) is 17.0 Å². The van der Waals surface area contributed by atoms with Gasteiger partial charge in [-0.2, -0.15) is 0 Å². The monoisotopic (exact) mass is 243 g/mol. The number of aryl methyl sites for hydroxylation is 1. The van der Waals surface area contributed by atoms with Gasteiger partial charge in [-0.15, -0.1) is 0 Å². The summed E-state index contributed by atoms with van der Waals surface area (Å²) in [5, 5.41) is 3.39. The Balaban J connectivity index is 1.90. The molecule has 3 rings (SSSR count). The van der Waals surface area contributed by atoms with Gasteiger partial charge in [0.05, 0.1) is 11.7 Å². The molecule has 1 aliphatic heterocycles. The van der Waals surface area contributed by atoms with E-state index in [1.807, 2.05) is 31.2 Å². The Labute approximate surface area is 105 Å². The third-order valence-electron chi connectivity index (χ3n) is 3.12.